The first-order chi connectivity index (χ1) is 6.92. The highest BCUT2D eigenvalue weighted by Gasteiger charge is 2.19. The lowest BCUT2D eigenvalue weighted by molar-refractivity contribution is 0.0938. The summed E-state index contributed by atoms with van der Waals surface area (Å²) in [5.41, 5.74) is 2.78. The van der Waals surface area contributed by atoms with Crippen LogP contribution >= 0.6 is 0 Å². The number of hydrogen-bond acceptors (Lipinski definition) is 2. The minimum Gasteiger partial charge on any atom is -0.376 e. The zero-order valence-corrected chi connectivity index (χ0v) is 8.41. The third-order valence-electron chi connectivity index (χ3n) is 3.20. The molecule has 76 valence electrons. The summed E-state index contributed by atoms with van der Waals surface area (Å²) in [6.45, 7) is 1.89. The first-order valence-electron chi connectivity index (χ1n) is 5.58. The second-order valence-electron chi connectivity index (χ2n) is 4.31. The molecule has 2 aliphatic rings. The normalized spacial score (nSPS) is 25.6. The Morgan fingerprint density at radius 1 is 1.43 bits per heavy atom. The monoisotopic (exact) mass is 192 g/mol. The van der Waals surface area contributed by atoms with Crippen molar-refractivity contribution in [3.63, 3.8) is 0 Å². The number of fused-ring (bicyclic) bond motifs is 1. The van der Waals surface area contributed by atoms with Crippen molar-refractivity contribution >= 4 is 0 Å². The largest absolute Gasteiger partial charge is 0.376 e. The van der Waals surface area contributed by atoms with Gasteiger partial charge < -0.3 is 4.74 Å². The van der Waals surface area contributed by atoms with Gasteiger partial charge in [0.25, 0.3) is 0 Å². The van der Waals surface area contributed by atoms with E-state index in [4.69, 9.17) is 4.74 Å². The Hall–Kier alpha value is -0.830. The number of aromatic nitrogens is 2. The van der Waals surface area contributed by atoms with Crippen molar-refractivity contribution < 1.29 is 4.74 Å². The van der Waals surface area contributed by atoms with Crippen LogP contribution in [0, 0.1) is 0 Å². The smallest absolute Gasteiger partial charge is 0.0771 e. The van der Waals surface area contributed by atoms with Crippen LogP contribution in [0.1, 0.15) is 30.5 Å². The quantitative estimate of drug-likeness (QED) is 0.711. The Kier molecular flexibility index (Phi) is 2.05. The lowest BCUT2D eigenvalue weighted by Crippen LogP contribution is -2.15. The minimum atomic E-state index is 0.412. The van der Waals surface area contributed by atoms with E-state index in [1.54, 1.807) is 0 Å². The van der Waals surface area contributed by atoms with Crippen molar-refractivity contribution in [1.29, 1.82) is 0 Å². The molecule has 0 amide bonds. The molecule has 1 aliphatic heterocycles. The van der Waals surface area contributed by atoms with Gasteiger partial charge in [-0.3, -0.25) is 4.68 Å². The maximum absolute atomic E-state index is 5.60. The van der Waals surface area contributed by atoms with E-state index in [2.05, 4.69) is 16.0 Å². The van der Waals surface area contributed by atoms with Crippen LogP contribution in [-0.4, -0.2) is 22.5 Å². The molecule has 0 aromatic carbocycles. The maximum atomic E-state index is 5.60. The standard InChI is InChI=1S/C11H16N2O/c1-3-9-7-13(12-11(9)5-1)8-10-4-2-6-14-10/h7,10H,1-6,8H2/t10-/m1/s1. The molecule has 0 saturated carbocycles. The molecule has 2 heterocycles. The zero-order valence-electron chi connectivity index (χ0n) is 8.41. The summed E-state index contributed by atoms with van der Waals surface area (Å²) in [5, 5.41) is 4.59. The van der Waals surface area contributed by atoms with Gasteiger partial charge in [-0.05, 0) is 37.7 Å². The number of hydrogen-bond donors (Lipinski definition) is 0. The highest BCUT2D eigenvalue weighted by molar-refractivity contribution is 5.21. The van der Waals surface area contributed by atoms with Crippen LogP contribution in [0.4, 0.5) is 0 Å². The number of nitrogens with zero attached hydrogens (tertiary/aromatic N) is 2. The molecule has 1 aromatic heterocycles. The molecule has 0 unspecified atom stereocenters. The van der Waals surface area contributed by atoms with Crippen molar-refractivity contribution in [2.75, 3.05) is 6.61 Å². The second-order valence-corrected chi connectivity index (χ2v) is 4.31. The highest BCUT2D eigenvalue weighted by Crippen LogP contribution is 2.21. The van der Waals surface area contributed by atoms with Crippen molar-refractivity contribution in [2.24, 2.45) is 0 Å². The van der Waals surface area contributed by atoms with E-state index in [-0.39, 0.29) is 0 Å². The first-order valence-corrected chi connectivity index (χ1v) is 5.58. The fraction of sp³-hybridized carbons (Fsp3) is 0.727. The molecule has 1 aromatic rings. The summed E-state index contributed by atoms with van der Waals surface area (Å²) in [6, 6.07) is 0. The minimum absolute atomic E-state index is 0.412. The van der Waals surface area contributed by atoms with E-state index < -0.39 is 0 Å². The van der Waals surface area contributed by atoms with E-state index in [0.717, 1.165) is 13.2 Å². The molecule has 1 fully saturated rings. The van der Waals surface area contributed by atoms with Gasteiger partial charge in [-0.2, -0.15) is 5.10 Å². The van der Waals surface area contributed by atoms with Crippen LogP contribution in [0.2, 0.25) is 0 Å². The predicted octanol–water partition coefficient (Wildman–Crippen LogP) is 1.55. The Balaban J connectivity index is 1.71. The van der Waals surface area contributed by atoms with Gasteiger partial charge in [-0.25, -0.2) is 0 Å². The summed E-state index contributed by atoms with van der Waals surface area (Å²) in [5.74, 6) is 0. The topological polar surface area (TPSA) is 27.1 Å². The fourth-order valence-corrected chi connectivity index (χ4v) is 2.46. The number of rotatable bonds is 2. The molecule has 1 aliphatic carbocycles. The van der Waals surface area contributed by atoms with E-state index in [1.165, 1.54) is 43.4 Å². The third-order valence-corrected chi connectivity index (χ3v) is 3.20. The SMILES string of the molecule is c1c2c(nn1C[C@H]1CCCO1)CCC2. The molecule has 0 spiro atoms. The van der Waals surface area contributed by atoms with Crippen molar-refractivity contribution in [3.8, 4) is 0 Å². The van der Waals surface area contributed by atoms with Gasteiger partial charge in [0, 0.05) is 12.8 Å². The summed E-state index contributed by atoms with van der Waals surface area (Å²) in [7, 11) is 0. The van der Waals surface area contributed by atoms with Crippen LogP contribution in [0.3, 0.4) is 0 Å². The van der Waals surface area contributed by atoms with Gasteiger partial charge in [0.05, 0.1) is 18.3 Å². The van der Waals surface area contributed by atoms with Gasteiger partial charge in [0.15, 0.2) is 0 Å². The molecule has 0 N–H and O–H groups in total. The van der Waals surface area contributed by atoms with Crippen molar-refractivity contribution in [3.05, 3.63) is 17.5 Å². The van der Waals surface area contributed by atoms with Gasteiger partial charge in [-0.15, -0.1) is 0 Å². The maximum Gasteiger partial charge on any atom is 0.0771 e. The zero-order chi connectivity index (χ0) is 9.38. The summed E-state index contributed by atoms with van der Waals surface area (Å²) < 4.78 is 7.68. The summed E-state index contributed by atoms with van der Waals surface area (Å²) in [6.07, 6.45) is 8.72. The van der Waals surface area contributed by atoms with Crippen molar-refractivity contribution in [2.45, 2.75) is 44.8 Å². The molecule has 1 atom stereocenters. The molecule has 3 nitrogen and oxygen atoms in total. The first kappa shape index (κ1) is 8.48. The molecule has 3 heteroatoms. The molecule has 3 rings (SSSR count). The molecular formula is C11H16N2O. The Bertz CT molecular complexity index is 305. The molecule has 1 saturated heterocycles. The highest BCUT2D eigenvalue weighted by atomic mass is 16.5. The van der Waals surface area contributed by atoms with Gasteiger partial charge in [-0.1, -0.05) is 0 Å². The lowest BCUT2D eigenvalue weighted by atomic mass is 10.2. The van der Waals surface area contributed by atoms with E-state index >= 15 is 0 Å². The number of aryl methyl sites for hydroxylation is 2. The van der Waals surface area contributed by atoms with E-state index in [9.17, 15) is 0 Å². The van der Waals surface area contributed by atoms with E-state index in [0.29, 0.717) is 6.10 Å². The molecule has 14 heavy (non-hydrogen) atoms. The fourth-order valence-electron chi connectivity index (χ4n) is 2.46. The van der Waals surface area contributed by atoms with Gasteiger partial charge in [0.1, 0.15) is 0 Å². The average molecular weight is 192 g/mol. The Labute approximate surface area is 84.1 Å². The molecule has 0 bridgehead atoms. The van der Waals surface area contributed by atoms with Gasteiger partial charge in [0.2, 0.25) is 0 Å². The molecular weight excluding hydrogens is 176 g/mol. The second kappa shape index (κ2) is 3.39. The third kappa shape index (κ3) is 1.46. The molecule has 0 radical (unpaired) electrons. The van der Waals surface area contributed by atoms with Crippen LogP contribution in [0.5, 0.6) is 0 Å². The predicted molar refractivity (Wildman–Crippen MR) is 53.2 cm³/mol. The van der Waals surface area contributed by atoms with Crippen LogP contribution in [0.25, 0.3) is 0 Å². The summed E-state index contributed by atoms with van der Waals surface area (Å²) in [4.78, 5) is 0. The Morgan fingerprint density at radius 2 is 2.43 bits per heavy atom. The van der Waals surface area contributed by atoms with Crippen molar-refractivity contribution in [1.82, 2.24) is 9.78 Å². The van der Waals surface area contributed by atoms with Crippen LogP contribution < -0.4 is 0 Å². The lowest BCUT2D eigenvalue weighted by Gasteiger charge is -2.08. The van der Waals surface area contributed by atoms with E-state index in [1.807, 2.05) is 0 Å². The van der Waals surface area contributed by atoms with Gasteiger partial charge >= 0.3 is 0 Å². The Morgan fingerprint density at radius 3 is 3.21 bits per heavy atom. The van der Waals surface area contributed by atoms with Crippen LogP contribution in [-0.2, 0) is 24.1 Å². The average Bonchev–Trinajstić information content (AvgIpc) is 2.78. The van der Waals surface area contributed by atoms with Crippen LogP contribution in [0.15, 0.2) is 6.20 Å². The summed E-state index contributed by atoms with van der Waals surface area (Å²) >= 11 is 0. The number of ether oxygens (including phenoxy) is 1.